The monoisotopic (exact) mass is 384 g/mol. The molecule has 0 aliphatic heterocycles. The Labute approximate surface area is 156 Å². The molecule has 8 nitrogen and oxygen atoms in total. The molecule has 0 aliphatic carbocycles. The van der Waals surface area contributed by atoms with E-state index in [-0.39, 0.29) is 0 Å². The van der Waals surface area contributed by atoms with Gasteiger partial charge in [-0.05, 0) is 30.2 Å². The minimum absolute atomic E-state index is 0.343. The third kappa shape index (κ3) is 7.02. The average molecular weight is 385 g/mol. The standard InChI is InChI=1S/C17H21ClN2O6/c1-4-7-25-16-12(18)8-11(9-13(16)24-3)5-6-15(22)26-10-14(21)20-17(23)19-2/h5-6,8-9H,4,7,10H2,1-3H3,(H2,19,20,21,23)/b6-5+. The number of carbonyl (C=O) groups is 3. The summed E-state index contributed by atoms with van der Waals surface area (Å²) in [7, 11) is 2.84. The van der Waals surface area contributed by atoms with Crippen LogP contribution in [-0.2, 0) is 14.3 Å². The van der Waals surface area contributed by atoms with Crippen molar-refractivity contribution in [2.24, 2.45) is 0 Å². The number of imide groups is 1. The second-order valence-corrected chi connectivity index (χ2v) is 5.36. The maximum absolute atomic E-state index is 11.6. The number of halogens is 1. The third-order valence-corrected chi connectivity index (χ3v) is 3.22. The van der Waals surface area contributed by atoms with Crippen molar-refractivity contribution in [2.75, 3.05) is 27.4 Å². The van der Waals surface area contributed by atoms with Gasteiger partial charge >= 0.3 is 12.0 Å². The Balaban J connectivity index is 2.69. The molecule has 0 radical (unpaired) electrons. The van der Waals surface area contributed by atoms with Gasteiger partial charge in [0.25, 0.3) is 5.91 Å². The minimum atomic E-state index is -0.751. The Hall–Kier alpha value is -2.74. The molecule has 26 heavy (non-hydrogen) atoms. The number of amides is 3. The van der Waals surface area contributed by atoms with Crippen molar-refractivity contribution in [1.82, 2.24) is 10.6 Å². The van der Waals surface area contributed by atoms with Crippen molar-refractivity contribution in [3.63, 3.8) is 0 Å². The van der Waals surface area contributed by atoms with Gasteiger partial charge in [0, 0.05) is 13.1 Å². The predicted molar refractivity (Wildman–Crippen MR) is 96.4 cm³/mol. The van der Waals surface area contributed by atoms with Crippen LogP contribution in [0.4, 0.5) is 4.79 Å². The van der Waals surface area contributed by atoms with Crippen molar-refractivity contribution in [3.05, 3.63) is 28.8 Å². The van der Waals surface area contributed by atoms with Gasteiger partial charge in [0.2, 0.25) is 0 Å². The number of nitrogens with one attached hydrogen (secondary N) is 2. The molecule has 3 amide bonds. The lowest BCUT2D eigenvalue weighted by Gasteiger charge is -2.12. The van der Waals surface area contributed by atoms with E-state index in [1.807, 2.05) is 12.2 Å². The summed E-state index contributed by atoms with van der Waals surface area (Å²) >= 11 is 6.18. The molecule has 1 aromatic rings. The fourth-order valence-electron chi connectivity index (χ4n) is 1.75. The summed E-state index contributed by atoms with van der Waals surface area (Å²) in [5, 5.41) is 4.51. The van der Waals surface area contributed by atoms with Crippen LogP contribution in [0.15, 0.2) is 18.2 Å². The van der Waals surface area contributed by atoms with Crippen LogP contribution in [0.1, 0.15) is 18.9 Å². The molecule has 0 bridgehead atoms. The topological polar surface area (TPSA) is 103 Å². The Kier molecular flexibility index (Phi) is 9.00. The second-order valence-electron chi connectivity index (χ2n) is 4.95. The van der Waals surface area contributed by atoms with Gasteiger partial charge in [-0.25, -0.2) is 9.59 Å². The van der Waals surface area contributed by atoms with Crippen molar-refractivity contribution in [3.8, 4) is 11.5 Å². The van der Waals surface area contributed by atoms with Gasteiger partial charge in [0.1, 0.15) is 0 Å². The van der Waals surface area contributed by atoms with E-state index in [4.69, 9.17) is 25.8 Å². The lowest BCUT2D eigenvalue weighted by molar-refractivity contribution is -0.143. The highest BCUT2D eigenvalue weighted by Gasteiger charge is 2.12. The Morgan fingerprint density at radius 3 is 2.62 bits per heavy atom. The largest absolute Gasteiger partial charge is 0.493 e. The van der Waals surface area contributed by atoms with Gasteiger partial charge < -0.3 is 19.5 Å². The maximum atomic E-state index is 11.6. The molecule has 2 N–H and O–H groups in total. The highest BCUT2D eigenvalue weighted by molar-refractivity contribution is 6.32. The first kappa shape index (κ1) is 21.3. The van der Waals surface area contributed by atoms with Gasteiger partial charge in [0.15, 0.2) is 18.1 Å². The van der Waals surface area contributed by atoms with Crippen LogP contribution in [0.2, 0.25) is 5.02 Å². The lowest BCUT2D eigenvalue weighted by Crippen LogP contribution is -2.39. The van der Waals surface area contributed by atoms with Crippen molar-refractivity contribution in [2.45, 2.75) is 13.3 Å². The molecule has 0 aromatic heterocycles. The van der Waals surface area contributed by atoms with E-state index in [2.05, 4.69) is 5.32 Å². The van der Waals surface area contributed by atoms with E-state index in [0.717, 1.165) is 12.5 Å². The molecule has 0 spiro atoms. The zero-order chi connectivity index (χ0) is 19.5. The number of carbonyl (C=O) groups excluding carboxylic acids is 3. The van der Waals surface area contributed by atoms with E-state index in [1.54, 1.807) is 12.1 Å². The second kappa shape index (κ2) is 11.0. The van der Waals surface area contributed by atoms with E-state index in [1.165, 1.54) is 20.2 Å². The van der Waals surface area contributed by atoms with E-state index < -0.39 is 24.5 Å². The van der Waals surface area contributed by atoms with Crippen LogP contribution < -0.4 is 20.1 Å². The van der Waals surface area contributed by atoms with Crippen LogP contribution in [0, 0.1) is 0 Å². The molecular weight excluding hydrogens is 364 g/mol. The first-order chi connectivity index (χ1) is 12.4. The number of esters is 1. The quantitative estimate of drug-likeness (QED) is 0.526. The summed E-state index contributed by atoms with van der Waals surface area (Å²) in [4.78, 5) is 33.9. The van der Waals surface area contributed by atoms with Gasteiger partial charge in [-0.1, -0.05) is 18.5 Å². The molecule has 1 rings (SSSR count). The molecule has 0 saturated carbocycles. The van der Waals surface area contributed by atoms with Crippen LogP contribution in [0.3, 0.4) is 0 Å². The van der Waals surface area contributed by atoms with Gasteiger partial charge in [-0.15, -0.1) is 0 Å². The summed E-state index contributed by atoms with van der Waals surface area (Å²) in [5.41, 5.74) is 0.586. The zero-order valence-electron chi connectivity index (χ0n) is 14.8. The smallest absolute Gasteiger partial charge is 0.331 e. The number of hydrogen-bond acceptors (Lipinski definition) is 6. The summed E-state index contributed by atoms with van der Waals surface area (Å²) in [5.74, 6) is -0.628. The number of rotatable bonds is 8. The highest BCUT2D eigenvalue weighted by atomic mass is 35.5. The molecule has 0 aliphatic rings. The number of hydrogen-bond donors (Lipinski definition) is 2. The maximum Gasteiger partial charge on any atom is 0.331 e. The van der Waals surface area contributed by atoms with Crippen molar-refractivity contribution >= 4 is 35.6 Å². The fourth-order valence-corrected chi connectivity index (χ4v) is 2.03. The molecule has 0 unspecified atom stereocenters. The number of ether oxygens (including phenoxy) is 3. The fraction of sp³-hybridized carbons (Fsp3) is 0.353. The van der Waals surface area contributed by atoms with Gasteiger partial charge in [0.05, 0.1) is 18.7 Å². The Morgan fingerprint density at radius 1 is 1.27 bits per heavy atom. The number of urea groups is 1. The van der Waals surface area contributed by atoms with E-state index in [0.29, 0.717) is 28.7 Å². The molecular formula is C17H21ClN2O6. The number of benzene rings is 1. The molecule has 1 aromatic carbocycles. The first-order valence-electron chi connectivity index (χ1n) is 7.78. The van der Waals surface area contributed by atoms with Crippen LogP contribution in [0.5, 0.6) is 11.5 Å². The molecule has 0 fully saturated rings. The van der Waals surface area contributed by atoms with Gasteiger partial charge in [-0.3, -0.25) is 10.1 Å². The minimum Gasteiger partial charge on any atom is -0.493 e. The highest BCUT2D eigenvalue weighted by Crippen LogP contribution is 2.36. The molecule has 0 atom stereocenters. The average Bonchev–Trinajstić information content (AvgIpc) is 2.63. The van der Waals surface area contributed by atoms with Crippen molar-refractivity contribution < 1.29 is 28.6 Å². The summed E-state index contributed by atoms with van der Waals surface area (Å²) in [6.45, 7) is 1.89. The third-order valence-electron chi connectivity index (χ3n) is 2.94. The number of methoxy groups -OCH3 is 1. The first-order valence-corrected chi connectivity index (χ1v) is 8.15. The molecule has 0 heterocycles. The molecule has 142 valence electrons. The lowest BCUT2D eigenvalue weighted by atomic mass is 10.2. The van der Waals surface area contributed by atoms with Crippen LogP contribution in [0.25, 0.3) is 6.08 Å². The molecule has 9 heteroatoms. The zero-order valence-corrected chi connectivity index (χ0v) is 15.5. The Bertz CT molecular complexity index is 690. The molecule has 0 saturated heterocycles. The van der Waals surface area contributed by atoms with Crippen LogP contribution >= 0.6 is 11.6 Å². The van der Waals surface area contributed by atoms with Gasteiger partial charge in [-0.2, -0.15) is 0 Å². The summed E-state index contributed by atoms with van der Waals surface area (Å²) < 4.78 is 15.5. The van der Waals surface area contributed by atoms with E-state index >= 15 is 0 Å². The van der Waals surface area contributed by atoms with E-state index in [9.17, 15) is 14.4 Å². The summed E-state index contributed by atoms with van der Waals surface area (Å²) in [6.07, 6.45) is 3.41. The summed E-state index contributed by atoms with van der Waals surface area (Å²) in [6, 6.07) is 2.57. The predicted octanol–water partition coefficient (Wildman–Crippen LogP) is 2.15. The van der Waals surface area contributed by atoms with Crippen molar-refractivity contribution in [1.29, 1.82) is 0 Å². The SMILES string of the molecule is CCCOc1c(Cl)cc(/C=C/C(=O)OCC(=O)NC(=O)NC)cc1OC. The normalized spacial score (nSPS) is 10.3. The van der Waals surface area contributed by atoms with Crippen LogP contribution in [-0.4, -0.2) is 45.3 Å². The Morgan fingerprint density at radius 2 is 2.00 bits per heavy atom.